The van der Waals surface area contributed by atoms with E-state index in [0.29, 0.717) is 18.6 Å². The predicted octanol–water partition coefficient (Wildman–Crippen LogP) is 1.40. The van der Waals surface area contributed by atoms with Crippen molar-refractivity contribution >= 4 is 5.91 Å². The van der Waals surface area contributed by atoms with Crippen LogP contribution in [0.4, 0.5) is 0 Å². The smallest absolute Gasteiger partial charge is 0.229 e. The SMILES string of the molecule is CCC1(C(=O)N(CCOC)C2CC2)CCNCC1. The Labute approximate surface area is 110 Å². The van der Waals surface area contributed by atoms with Gasteiger partial charge in [-0.25, -0.2) is 0 Å². The largest absolute Gasteiger partial charge is 0.383 e. The molecule has 4 heteroatoms. The molecule has 1 heterocycles. The molecule has 1 aliphatic carbocycles. The summed E-state index contributed by atoms with van der Waals surface area (Å²) in [4.78, 5) is 15.0. The Morgan fingerprint density at radius 3 is 2.56 bits per heavy atom. The van der Waals surface area contributed by atoms with Crippen molar-refractivity contribution in [2.75, 3.05) is 33.4 Å². The second-order valence-corrected chi connectivity index (χ2v) is 5.61. The van der Waals surface area contributed by atoms with Crippen LogP contribution in [0.25, 0.3) is 0 Å². The Morgan fingerprint density at radius 2 is 2.06 bits per heavy atom. The number of nitrogens with zero attached hydrogens (tertiary/aromatic N) is 1. The van der Waals surface area contributed by atoms with Crippen molar-refractivity contribution in [3.63, 3.8) is 0 Å². The van der Waals surface area contributed by atoms with Gasteiger partial charge < -0.3 is 15.0 Å². The summed E-state index contributed by atoms with van der Waals surface area (Å²) >= 11 is 0. The molecule has 0 aromatic heterocycles. The van der Waals surface area contributed by atoms with Crippen LogP contribution in [0.2, 0.25) is 0 Å². The summed E-state index contributed by atoms with van der Waals surface area (Å²) in [5.41, 5.74) is -0.110. The minimum Gasteiger partial charge on any atom is -0.383 e. The fraction of sp³-hybridized carbons (Fsp3) is 0.929. The predicted molar refractivity (Wildman–Crippen MR) is 71.4 cm³/mol. The first kappa shape index (κ1) is 13.8. The summed E-state index contributed by atoms with van der Waals surface area (Å²) < 4.78 is 5.15. The highest BCUT2D eigenvalue weighted by atomic mass is 16.5. The average molecular weight is 254 g/mol. The van der Waals surface area contributed by atoms with E-state index in [1.54, 1.807) is 7.11 Å². The number of ether oxygens (including phenoxy) is 1. The number of methoxy groups -OCH3 is 1. The number of hydrogen-bond acceptors (Lipinski definition) is 3. The molecule has 0 unspecified atom stereocenters. The van der Waals surface area contributed by atoms with Gasteiger partial charge in [0.2, 0.25) is 5.91 Å². The second kappa shape index (κ2) is 6.02. The molecule has 1 aliphatic heterocycles. The van der Waals surface area contributed by atoms with Crippen molar-refractivity contribution in [3.8, 4) is 0 Å². The lowest BCUT2D eigenvalue weighted by atomic mass is 9.75. The molecule has 1 amide bonds. The first-order chi connectivity index (χ1) is 8.73. The molecule has 18 heavy (non-hydrogen) atoms. The van der Waals surface area contributed by atoms with Gasteiger partial charge in [0, 0.05) is 19.7 Å². The van der Waals surface area contributed by atoms with Gasteiger partial charge in [0.15, 0.2) is 0 Å². The summed E-state index contributed by atoms with van der Waals surface area (Å²) in [7, 11) is 1.70. The minimum absolute atomic E-state index is 0.110. The lowest BCUT2D eigenvalue weighted by Gasteiger charge is -2.39. The van der Waals surface area contributed by atoms with Crippen LogP contribution in [0.3, 0.4) is 0 Å². The summed E-state index contributed by atoms with van der Waals surface area (Å²) in [6, 6.07) is 0.492. The van der Waals surface area contributed by atoms with E-state index in [0.717, 1.165) is 38.9 Å². The molecule has 2 aliphatic rings. The first-order valence-electron chi connectivity index (χ1n) is 7.24. The van der Waals surface area contributed by atoms with Gasteiger partial charge >= 0.3 is 0 Å². The highest BCUT2D eigenvalue weighted by molar-refractivity contribution is 5.83. The van der Waals surface area contributed by atoms with Crippen molar-refractivity contribution in [1.82, 2.24) is 10.2 Å². The van der Waals surface area contributed by atoms with Crippen molar-refractivity contribution in [2.45, 2.75) is 45.1 Å². The molecule has 4 nitrogen and oxygen atoms in total. The van der Waals surface area contributed by atoms with E-state index in [2.05, 4.69) is 17.1 Å². The second-order valence-electron chi connectivity index (χ2n) is 5.61. The third-order valence-corrected chi connectivity index (χ3v) is 4.48. The first-order valence-corrected chi connectivity index (χ1v) is 7.24. The van der Waals surface area contributed by atoms with E-state index in [-0.39, 0.29) is 5.41 Å². The number of piperidine rings is 1. The van der Waals surface area contributed by atoms with Crippen molar-refractivity contribution in [2.24, 2.45) is 5.41 Å². The fourth-order valence-corrected chi connectivity index (χ4v) is 2.95. The van der Waals surface area contributed by atoms with Gasteiger partial charge in [0.25, 0.3) is 0 Å². The molecular formula is C14H26N2O2. The number of amides is 1. The van der Waals surface area contributed by atoms with Gasteiger partial charge in [-0.3, -0.25) is 4.79 Å². The molecule has 1 saturated heterocycles. The highest BCUT2D eigenvalue weighted by Crippen LogP contribution is 2.38. The standard InChI is InChI=1S/C14H26N2O2/c1-3-14(6-8-15-9-7-14)13(17)16(10-11-18-2)12-4-5-12/h12,15H,3-11H2,1-2H3. The quantitative estimate of drug-likeness (QED) is 0.779. The molecule has 1 N–H and O–H groups in total. The summed E-state index contributed by atoms with van der Waals surface area (Å²) in [5, 5.41) is 3.36. The van der Waals surface area contributed by atoms with Crippen molar-refractivity contribution < 1.29 is 9.53 Å². The summed E-state index contributed by atoms with van der Waals surface area (Å²) in [6.07, 6.45) is 5.28. The molecule has 2 fully saturated rings. The van der Waals surface area contributed by atoms with E-state index in [9.17, 15) is 4.79 Å². The topological polar surface area (TPSA) is 41.6 Å². The molecule has 104 valence electrons. The van der Waals surface area contributed by atoms with E-state index >= 15 is 0 Å². The van der Waals surface area contributed by atoms with Crippen LogP contribution in [0.1, 0.15) is 39.0 Å². The van der Waals surface area contributed by atoms with E-state index in [4.69, 9.17) is 4.74 Å². The monoisotopic (exact) mass is 254 g/mol. The van der Waals surface area contributed by atoms with Gasteiger partial charge in [-0.15, -0.1) is 0 Å². The van der Waals surface area contributed by atoms with Crippen LogP contribution in [0.15, 0.2) is 0 Å². The van der Waals surface area contributed by atoms with Crippen LogP contribution < -0.4 is 5.32 Å². The highest BCUT2D eigenvalue weighted by Gasteiger charge is 2.44. The summed E-state index contributed by atoms with van der Waals surface area (Å²) in [6.45, 7) is 5.52. The number of rotatable bonds is 6. The zero-order chi connectivity index (χ0) is 13.0. The van der Waals surface area contributed by atoms with Crippen molar-refractivity contribution in [3.05, 3.63) is 0 Å². The van der Waals surface area contributed by atoms with Gasteiger partial charge in [0.1, 0.15) is 0 Å². The van der Waals surface area contributed by atoms with Crippen LogP contribution in [-0.2, 0) is 9.53 Å². The van der Waals surface area contributed by atoms with E-state index < -0.39 is 0 Å². The van der Waals surface area contributed by atoms with Crippen LogP contribution in [0.5, 0.6) is 0 Å². The van der Waals surface area contributed by atoms with Gasteiger partial charge in [-0.1, -0.05) is 6.92 Å². The number of carbonyl (C=O) groups is 1. The lowest BCUT2D eigenvalue weighted by Crippen LogP contribution is -2.50. The number of nitrogens with one attached hydrogen (secondary N) is 1. The fourth-order valence-electron chi connectivity index (χ4n) is 2.95. The molecule has 1 saturated carbocycles. The van der Waals surface area contributed by atoms with Gasteiger partial charge in [-0.05, 0) is 45.2 Å². The zero-order valence-corrected chi connectivity index (χ0v) is 11.7. The number of hydrogen-bond donors (Lipinski definition) is 1. The maximum absolute atomic E-state index is 12.9. The Balaban J connectivity index is 2.04. The average Bonchev–Trinajstić information content (AvgIpc) is 3.24. The zero-order valence-electron chi connectivity index (χ0n) is 11.7. The molecular weight excluding hydrogens is 228 g/mol. The number of carbonyl (C=O) groups excluding carboxylic acids is 1. The molecule has 0 radical (unpaired) electrons. The Kier molecular flexibility index (Phi) is 4.62. The Bertz CT molecular complexity index is 284. The van der Waals surface area contributed by atoms with E-state index in [1.165, 1.54) is 12.8 Å². The van der Waals surface area contributed by atoms with Crippen LogP contribution >= 0.6 is 0 Å². The van der Waals surface area contributed by atoms with Crippen LogP contribution in [0, 0.1) is 5.41 Å². The molecule has 0 atom stereocenters. The third kappa shape index (κ3) is 2.86. The molecule has 0 spiro atoms. The maximum atomic E-state index is 12.9. The molecule has 0 aromatic rings. The Hall–Kier alpha value is -0.610. The maximum Gasteiger partial charge on any atom is 0.229 e. The van der Waals surface area contributed by atoms with Crippen LogP contribution in [-0.4, -0.2) is 50.2 Å². The van der Waals surface area contributed by atoms with Gasteiger partial charge in [0.05, 0.1) is 12.0 Å². The molecule has 0 bridgehead atoms. The third-order valence-electron chi connectivity index (χ3n) is 4.48. The molecule has 0 aromatic carbocycles. The minimum atomic E-state index is -0.110. The normalized spacial score (nSPS) is 22.8. The Morgan fingerprint density at radius 1 is 1.39 bits per heavy atom. The summed E-state index contributed by atoms with van der Waals surface area (Å²) in [5.74, 6) is 0.381. The molecule has 2 rings (SSSR count). The van der Waals surface area contributed by atoms with E-state index in [1.807, 2.05) is 0 Å². The van der Waals surface area contributed by atoms with Gasteiger partial charge in [-0.2, -0.15) is 0 Å². The van der Waals surface area contributed by atoms with Crippen molar-refractivity contribution in [1.29, 1.82) is 0 Å². The lowest BCUT2D eigenvalue weighted by molar-refractivity contribution is -0.145.